The molecule has 0 aromatic carbocycles. The molecule has 4 fully saturated rings. The summed E-state index contributed by atoms with van der Waals surface area (Å²) in [6, 6.07) is 0. The van der Waals surface area contributed by atoms with Crippen LogP contribution in [0.15, 0.2) is 0 Å². The summed E-state index contributed by atoms with van der Waals surface area (Å²) in [6.07, 6.45) is 13.9. The molecular formula is C21H34O2. The summed E-state index contributed by atoms with van der Waals surface area (Å²) >= 11 is 0. The van der Waals surface area contributed by atoms with Crippen molar-refractivity contribution >= 4 is 5.97 Å². The zero-order valence-corrected chi connectivity index (χ0v) is 15.3. The Morgan fingerprint density at radius 3 is 2.52 bits per heavy atom. The zero-order chi connectivity index (χ0) is 16.2. The van der Waals surface area contributed by atoms with Crippen molar-refractivity contribution in [2.45, 2.75) is 91.1 Å². The highest BCUT2D eigenvalue weighted by Crippen LogP contribution is 2.66. The minimum Gasteiger partial charge on any atom is -0.463 e. The Balaban J connectivity index is 1.57. The molecule has 2 nitrogen and oxygen atoms in total. The van der Waals surface area contributed by atoms with Gasteiger partial charge < -0.3 is 4.74 Å². The molecule has 0 saturated heterocycles. The average Bonchev–Trinajstić information content (AvgIpc) is 2.87. The first kappa shape index (κ1) is 16.0. The molecule has 7 atom stereocenters. The summed E-state index contributed by atoms with van der Waals surface area (Å²) in [4.78, 5) is 11.4. The molecule has 4 aliphatic carbocycles. The molecule has 0 aromatic heterocycles. The van der Waals surface area contributed by atoms with Gasteiger partial charge in [-0.05, 0) is 92.3 Å². The molecule has 4 rings (SSSR count). The lowest BCUT2D eigenvalue weighted by atomic mass is 9.45. The molecule has 4 saturated carbocycles. The third kappa shape index (κ3) is 2.46. The van der Waals surface area contributed by atoms with Crippen molar-refractivity contribution in [1.29, 1.82) is 0 Å². The van der Waals surface area contributed by atoms with Crippen LogP contribution in [0.5, 0.6) is 0 Å². The first-order valence-corrected chi connectivity index (χ1v) is 10.1. The van der Waals surface area contributed by atoms with E-state index in [1.54, 1.807) is 6.92 Å². The number of hydrogen-bond donors (Lipinski definition) is 0. The maximum atomic E-state index is 11.4. The summed E-state index contributed by atoms with van der Waals surface area (Å²) in [5.74, 6) is 3.61. The third-order valence-corrected chi connectivity index (χ3v) is 8.68. The Kier molecular flexibility index (Phi) is 3.81. The topological polar surface area (TPSA) is 26.3 Å². The minimum absolute atomic E-state index is 0.0866. The average molecular weight is 319 g/mol. The molecule has 0 spiro atoms. The Hall–Kier alpha value is -0.530. The molecule has 0 unspecified atom stereocenters. The predicted octanol–water partition coefficient (Wildman–Crippen LogP) is 5.35. The van der Waals surface area contributed by atoms with Crippen LogP contribution >= 0.6 is 0 Å². The van der Waals surface area contributed by atoms with Crippen molar-refractivity contribution in [1.82, 2.24) is 0 Å². The summed E-state index contributed by atoms with van der Waals surface area (Å²) in [6.45, 7) is 6.71. The number of esters is 1. The number of hydrogen-bond acceptors (Lipinski definition) is 2. The first-order chi connectivity index (χ1) is 10.9. The number of carbonyl (C=O) groups is 1. The van der Waals surface area contributed by atoms with Gasteiger partial charge in [-0.2, -0.15) is 0 Å². The van der Waals surface area contributed by atoms with Gasteiger partial charge in [-0.3, -0.25) is 4.79 Å². The van der Waals surface area contributed by atoms with E-state index in [0.29, 0.717) is 10.8 Å². The molecule has 0 aromatic rings. The smallest absolute Gasteiger partial charge is 0.302 e. The number of fused-ring (bicyclic) bond motifs is 5. The van der Waals surface area contributed by atoms with Crippen LogP contribution in [0.25, 0.3) is 0 Å². The number of ether oxygens (including phenoxy) is 1. The molecule has 23 heavy (non-hydrogen) atoms. The van der Waals surface area contributed by atoms with Crippen LogP contribution in [-0.4, -0.2) is 12.1 Å². The fourth-order valence-electron chi connectivity index (χ4n) is 7.64. The molecule has 130 valence electrons. The second-order valence-corrected chi connectivity index (χ2v) is 9.75. The van der Waals surface area contributed by atoms with E-state index in [4.69, 9.17) is 4.74 Å². The van der Waals surface area contributed by atoms with Crippen molar-refractivity contribution in [3.05, 3.63) is 0 Å². The van der Waals surface area contributed by atoms with E-state index in [1.807, 2.05) is 0 Å². The molecule has 0 radical (unpaired) electrons. The van der Waals surface area contributed by atoms with Gasteiger partial charge in [0.15, 0.2) is 0 Å². The Morgan fingerprint density at radius 1 is 0.957 bits per heavy atom. The van der Waals surface area contributed by atoms with Gasteiger partial charge in [-0.25, -0.2) is 0 Å². The van der Waals surface area contributed by atoms with E-state index in [-0.39, 0.29) is 12.1 Å². The first-order valence-electron chi connectivity index (χ1n) is 10.1. The highest BCUT2D eigenvalue weighted by atomic mass is 16.5. The van der Waals surface area contributed by atoms with Gasteiger partial charge in [0.05, 0.1) is 0 Å². The number of rotatable bonds is 1. The Bertz CT molecular complexity index is 486. The van der Waals surface area contributed by atoms with Gasteiger partial charge in [-0.15, -0.1) is 0 Å². The highest BCUT2D eigenvalue weighted by molar-refractivity contribution is 5.66. The standard InChI is InChI=1S/C21H34O2/c1-14(22)23-16-8-6-15-7-9-17-18-5-4-11-20(18,2)12-10-19(17)21(15,3)13-16/h15-19H,4-13H2,1-3H3/t15-,16-,17-,18+,19+,20-,21+/m1/s1. The molecular weight excluding hydrogens is 284 g/mol. The predicted molar refractivity (Wildman–Crippen MR) is 91.9 cm³/mol. The van der Waals surface area contributed by atoms with Gasteiger partial charge in [0, 0.05) is 6.92 Å². The van der Waals surface area contributed by atoms with E-state index >= 15 is 0 Å². The van der Waals surface area contributed by atoms with E-state index in [9.17, 15) is 4.79 Å². The zero-order valence-electron chi connectivity index (χ0n) is 15.3. The van der Waals surface area contributed by atoms with Crippen LogP contribution in [0.1, 0.15) is 85.0 Å². The fourth-order valence-corrected chi connectivity index (χ4v) is 7.64. The van der Waals surface area contributed by atoms with Crippen molar-refractivity contribution < 1.29 is 9.53 Å². The SMILES string of the molecule is CC(=O)O[C@@H]1CC[C@@H]2CC[C@@H]3[C@@H]4CCC[C@]4(C)CC[C@@H]3[C@@]2(C)C1. The van der Waals surface area contributed by atoms with Gasteiger partial charge in [0.25, 0.3) is 0 Å². The van der Waals surface area contributed by atoms with Crippen LogP contribution in [0.3, 0.4) is 0 Å². The maximum absolute atomic E-state index is 11.4. The normalized spacial score (nSPS) is 52.2. The summed E-state index contributed by atoms with van der Waals surface area (Å²) in [5.41, 5.74) is 1.07. The van der Waals surface area contributed by atoms with Crippen molar-refractivity contribution in [2.75, 3.05) is 0 Å². The Labute approximate surface area is 141 Å². The molecule has 0 heterocycles. The van der Waals surface area contributed by atoms with Gasteiger partial charge in [0.1, 0.15) is 6.10 Å². The molecule has 4 aliphatic rings. The largest absolute Gasteiger partial charge is 0.463 e. The molecule has 0 aliphatic heterocycles. The second-order valence-electron chi connectivity index (χ2n) is 9.75. The number of carbonyl (C=O) groups excluding carboxylic acids is 1. The minimum atomic E-state index is -0.0866. The quantitative estimate of drug-likeness (QED) is 0.609. The Morgan fingerprint density at radius 2 is 1.74 bits per heavy atom. The van der Waals surface area contributed by atoms with Crippen molar-refractivity contribution in [3.8, 4) is 0 Å². The van der Waals surface area contributed by atoms with Gasteiger partial charge >= 0.3 is 5.97 Å². The fraction of sp³-hybridized carbons (Fsp3) is 0.952. The maximum Gasteiger partial charge on any atom is 0.302 e. The van der Waals surface area contributed by atoms with Crippen LogP contribution in [-0.2, 0) is 9.53 Å². The highest BCUT2D eigenvalue weighted by Gasteiger charge is 2.58. The lowest BCUT2D eigenvalue weighted by Gasteiger charge is -2.60. The van der Waals surface area contributed by atoms with E-state index in [1.165, 1.54) is 51.4 Å². The molecule has 0 N–H and O–H groups in total. The summed E-state index contributed by atoms with van der Waals surface area (Å²) in [5, 5.41) is 0. The van der Waals surface area contributed by atoms with E-state index in [2.05, 4.69) is 13.8 Å². The monoisotopic (exact) mass is 318 g/mol. The van der Waals surface area contributed by atoms with Crippen LogP contribution < -0.4 is 0 Å². The van der Waals surface area contributed by atoms with E-state index < -0.39 is 0 Å². The molecule has 0 bridgehead atoms. The van der Waals surface area contributed by atoms with Crippen molar-refractivity contribution in [3.63, 3.8) is 0 Å². The molecule has 0 amide bonds. The van der Waals surface area contributed by atoms with Crippen LogP contribution in [0.2, 0.25) is 0 Å². The van der Waals surface area contributed by atoms with Gasteiger partial charge in [0.2, 0.25) is 0 Å². The summed E-state index contributed by atoms with van der Waals surface area (Å²) in [7, 11) is 0. The third-order valence-electron chi connectivity index (χ3n) is 8.68. The second kappa shape index (κ2) is 5.49. The summed E-state index contributed by atoms with van der Waals surface area (Å²) < 4.78 is 5.65. The van der Waals surface area contributed by atoms with Crippen LogP contribution in [0.4, 0.5) is 0 Å². The lowest BCUT2D eigenvalue weighted by molar-refractivity contribution is -0.161. The van der Waals surface area contributed by atoms with E-state index in [0.717, 1.165) is 36.5 Å². The molecule has 2 heteroatoms. The lowest BCUT2D eigenvalue weighted by Crippen LogP contribution is -2.53. The van der Waals surface area contributed by atoms with Gasteiger partial charge in [-0.1, -0.05) is 20.3 Å². The van der Waals surface area contributed by atoms with Crippen LogP contribution in [0, 0.1) is 34.5 Å². The van der Waals surface area contributed by atoms with Crippen molar-refractivity contribution in [2.24, 2.45) is 34.5 Å².